The minimum atomic E-state index is -0.282. The summed E-state index contributed by atoms with van der Waals surface area (Å²) < 4.78 is 4.84. The van der Waals surface area contributed by atoms with Crippen LogP contribution in [-0.2, 0) is 16.1 Å². The Morgan fingerprint density at radius 3 is 2.75 bits per heavy atom. The first-order valence-corrected chi connectivity index (χ1v) is 7.27. The van der Waals surface area contributed by atoms with Gasteiger partial charge in [0.15, 0.2) is 0 Å². The van der Waals surface area contributed by atoms with E-state index in [4.69, 9.17) is 4.74 Å². The van der Waals surface area contributed by atoms with Crippen molar-refractivity contribution in [3.8, 4) is 0 Å². The fraction of sp³-hybridized carbons (Fsp3) is 0.471. The van der Waals surface area contributed by atoms with Gasteiger partial charge in [-0.2, -0.15) is 0 Å². The number of rotatable bonds is 4. The van der Waals surface area contributed by atoms with Crippen LogP contribution in [0.25, 0.3) is 0 Å². The summed E-state index contributed by atoms with van der Waals surface area (Å²) in [6.45, 7) is 5.84. The highest BCUT2D eigenvalue weighted by atomic mass is 16.5. The molecular weight excluding hydrogens is 250 g/mol. The Hall–Kier alpha value is -1.61. The van der Waals surface area contributed by atoms with Crippen LogP contribution in [0, 0.1) is 0 Å². The molecule has 0 bridgehead atoms. The second-order valence-electron chi connectivity index (χ2n) is 5.34. The van der Waals surface area contributed by atoms with Crippen LogP contribution in [0.4, 0.5) is 0 Å². The van der Waals surface area contributed by atoms with Gasteiger partial charge < -0.3 is 4.74 Å². The van der Waals surface area contributed by atoms with Gasteiger partial charge in [-0.1, -0.05) is 49.8 Å². The summed E-state index contributed by atoms with van der Waals surface area (Å²) in [5.41, 5.74) is 1.86. The summed E-state index contributed by atoms with van der Waals surface area (Å²) in [6, 6.07) is 10.5. The van der Waals surface area contributed by atoms with Gasteiger partial charge in [-0.3, -0.25) is 4.90 Å². The van der Waals surface area contributed by atoms with Crippen LogP contribution in [0.1, 0.15) is 31.2 Å². The molecule has 20 heavy (non-hydrogen) atoms. The highest BCUT2D eigenvalue weighted by Crippen LogP contribution is 2.24. The average molecular weight is 273 g/mol. The molecule has 1 saturated heterocycles. The molecule has 1 aliphatic heterocycles. The number of ether oxygens (including phenoxy) is 1. The molecule has 0 N–H and O–H groups in total. The molecule has 0 radical (unpaired) electrons. The Bertz CT molecular complexity index is 455. The number of carbonyl (C=O) groups is 1. The maximum atomic E-state index is 11.8. The Labute approximate surface area is 121 Å². The average Bonchev–Trinajstić information content (AvgIpc) is 2.72. The van der Waals surface area contributed by atoms with Crippen molar-refractivity contribution in [1.82, 2.24) is 4.90 Å². The lowest BCUT2D eigenvalue weighted by Gasteiger charge is -2.30. The van der Waals surface area contributed by atoms with Crippen LogP contribution in [0.15, 0.2) is 42.5 Å². The summed E-state index contributed by atoms with van der Waals surface area (Å²) in [5.74, 6) is -0.282. The minimum Gasteiger partial charge on any atom is -0.466 e. The molecule has 1 heterocycles. The standard InChI is InChI=1S/C17H23NO2/c1-14(17(19)20-2)16-11-7-4-8-12-18(16)13-15-9-5-3-6-10-15/h3,5-6,9-10,16H,1,4,7-8,11-13H2,2H3. The smallest absolute Gasteiger partial charge is 0.334 e. The lowest BCUT2D eigenvalue weighted by molar-refractivity contribution is -0.136. The van der Waals surface area contributed by atoms with Crippen molar-refractivity contribution in [3.63, 3.8) is 0 Å². The Morgan fingerprint density at radius 1 is 1.30 bits per heavy atom. The zero-order valence-corrected chi connectivity index (χ0v) is 12.2. The summed E-state index contributed by atoms with van der Waals surface area (Å²) in [5, 5.41) is 0. The van der Waals surface area contributed by atoms with Crippen LogP contribution >= 0.6 is 0 Å². The predicted molar refractivity (Wildman–Crippen MR) is 80.3 cm³/mol. The fourth-order valence-electron chi connectivity index (χ4n) is 2.84. The first-order chi connectivity index (χ1) is 9.72. The first kappa shape index (κ1) is 14.8. The third kappa shape index (κ3) is 3.70. The second-order valence-corrected chi connectivity index (χ2v) is 5.34. The van der Waals surface area contributed by atoms with Crippen molar-refractivity contribution >= 4 is 5.97 Å². The van der Waals surface area contributed by atoms with E-state index in [2.05, 4.69) is 35.7 Å². The predicted octanol–water partition coefficient (Wildman–Crippen LogP) is 3.16. The van der Waals surface area contributed by atoms with Gasteiger partial charge in [0.05, 0.1) is 7.11 Å². The molecule has 108 valence electrons. The van der Waals surface area contributed by atoms with Crippen molar-refractivity contribution in [2.45, 2.75) is 38.3 Å². The molecular formula is C17H23NO2. The molecule has 3 nitrogen and oxygen atoms in total. The van der Waals surface area contributed by atoms with Crippen molar-refractivity contribution in [2.24, 2.45) is 0 Å². The van der Waals surface area contributed by atoms with Crippen LogP contribution in [-0.4, -0.2) is 30.6 Å². The highest BCUT2D eigenvalue weighted by molar-refractivity contribution is 5.88. The molecule has 1 fully saturated rings. The van der Waals surface area contributed by atoms with Crippen LogP contribution in [0.5, 0.6) is 0 Å². The minimum absolute atomic E-state index is 0.102. The molecule has 0 aromatic heterocycles. The van der Waals surface area contributed by atoms with E-state index in [0.717, 1.165) is 25.9 Å². The third-order valence-electron chi connectivity index (χ3n) is 3.94. The molecule has 0 aliphatic carbocycles. The lowest BCUT2D eigenvalue weighted by atomic mass is 10.0. The van der Waals surface area contributed by atoms with E-state index in [9.17, 15) is 4.79 Å². The number of carbonyl (C=O) groups excluding carboxylic acids is 1. The number of hydrogen-bond acceptors (Lipinski definition) is 3. The van der Waals surface area contributed by atoms with Gasteiger partial charge in [0, 0.05) is 18.2 Å². The van der Waals surface area contributed by atoms with Gasteiger partial charge in [-0.25, -0.2) is 4.79 Å². The summed E-state index contributed by atoms with van der Waals surface area (Å²) in [4.78, 5) is 14.1. The monoisotopic (exact) mass is 273 g/mol. The van der Waals surface area contributed by atoms with Crippen molar-refractivity contribution in [2.75, 3.05) is 13.7 Å². The van der Waals surface area contributed by atoms with Gasteiger partial charge >= 0.3 is 5.97 Å². The molecule has 0 amide bonds. The van der Waals surface area contributed by atoms with Gasteiger partial charge in [-0.05, 0) is 24.9 Å². The topological polar surface area (TPSA) is 29.5 Å². The van der Waals surface area contributed by atoms with E-state index in [1.54, 1.807) is 0 Å². The number of methoxy groups -OCH3 is 1. The van der Waals surface area contributed by atoms with Gasteiger partial charge in [-0.15, -0.1) is 0 Å². The van der Waals surface area contributed by atoms with Crippen molar-refractivity contribution in [1.29, 1.82) is 0 Å². The number of likely N-dealkylation sites (tertiary alicyclic amines) is 1. The van der Waals surface area contributed by atoms with E-state index < -0.39 is 0 Å². The summed E-state index contributed by atoms with van der Waals surface area (Å²) >= 11 is 0. The molecule has 1 unspecified atom stereocenters. The molecule has 1 atom stereocenters. The first-order valence-electron chi connectivity index (χ1n) is 7.27. The van der Waals surface area contributed by atoms with E-state index in [1.807, 2.05) is 6.07 Å². The fourth-order valence-corrected chi connectivity index (χ4v) is 2.84. The number of nitrogens with zero attached hydrogens (tertiary/aromatic N) is 1. The van der Waals surface area contributed by atoms with Crippen LogP contribution in [0.2, 0.25) is 0 Å². The maximum absolute atomic E-state index is 11.8. The second kappa shape index (κ2) is 7.25. The largest absolute Gasteiger partial charge is 0.466 e. The molecule has 0 spiro atoms. The normalized spacial score (nSPS) is 20.1. The Kier molecular flexibility index (Phi) is 5.36. The summed E-state index contributed by atoms with van der Waals surface area (Å²) in [6.07, 6.45) is 4.53. The van der Waals surface area contributed by atoms with Gasteiger partial charge in [0.2, 0.25) is 0 Å². The van der Waals surface area contributed by atoms with Gasteiger partial charge in [0.25, 0.3) is 0 Å². The molecule has 1 aliphatic rings. The molecule has 2 rings (SSSR count). The maximum Gasteiger partial charge on any atom is 0.334 e. The van der Waals surface area contributed by atoms with Crippen molar-refractivity contribution in [3.05, 3.63) is 48.0 Å². The number of benzene rings is 1. The number of hydrogen-bond donors (Lipinski definition) is 0. The van der Waals surface area contributed by atoms with E-state index in [1.165, 1.54) is 25.5 Å². The third-order valence-corrected chi connectivity index (χ3v) is 3.94. The molecule has 3 heteroatoms. The van der Waals surface area contributed by atoms with Gasteiger partial charge in [0.1, 0.15) is 0 Å². The zero-order valence-electron chi connectivity index (χ0n) is 12.2. The lowest BCUT2D eigenvalue weighted by Crippen LogP contribution is -2.37. The van der Waals surface area contributed by atoms with Crippen LogP contribution in [0.3, 0.4) is 0 Å². The Morgan fingerprint density at radius 2 is 2.05 bits per heavy atom. The number of esters is 1. The highest BCUT2D eigenvalue weighted by Gasteiger charge is 2.27. The zero-order chi connectivity index (χ0) is 14.4. The molecule has 1 aromatic rings. The van der Waals surface area contributed by atoms with E-state index in [-0.39, 0.29) is 12.0 Å². The summed E-state index contributed by atoms with van der Waals surface area (Å²) in [7, 11) is 1.42. The van der Waals surface area contributed by atoms with E-state index in [0.29, 0.717) is 5.57 Å². The quantitative estimate of drug-likeness (QED) is 0.623. The molecule has 0 saturated carbocycles. The SMILES string of the molecule is C=C(C(=O)OC)C1CCCCCN1Cc1ccccc1. The van der Waals surface area contributed by atoms with Crippen molar-refractivity contribution < 1.29 is 9.53 Å². The molecule has 1 aromatic carbocycles. The van der Waals surface area contributed by atoms with E-state index >= 15 is 0 Å². The van der Waals surface area contributed by atoms with Crippen LogP contribution < -0.4 is 0 Å². The Balaban J connectivity index is 2.13.